The number of amides is 3. The van der Waals surface area contributed by atoms with Crippen LogP contribution in [0.2, 0.25) is 10.0 Å². The van der Waals surface area contributed by atoms with Gasteiger partial charge in [-0.3, -0.25) is 15.1 Å². The largest absolute Gasteiger partial charge is 0.489 e. The van der Waals surface area contributed by atoms with Crippen LogP contribution in [0.5, 0.6) is 5.75 Å². The smallest absolute Gasteiger partial charge is 0.325 e. The number of hydrogen-bond acceptors (Lipinski definition) is 6. The topological polar surface area (TPSA) is 116 Å². The Balaban J connectivity index is 1.68. The highest BCUT2D eigenvalue weighted by Gasteiger charge is 2.50. The number of imide groups is 1. The number of carbonyl (C=O) groups is 2. The summed E-state index contributed by atoms with van der Waals surface area (Å²) in [6, 6.07) is 3.56. The van der Waals surface area contributed by atoms with Crippen LogP contribution >= 0.6 is 23.2 Å². The summed E-state index contributed by atoms with van der Waals surface area (Å²) in [5.74, 6) is 0.352. The average molecular weight is 502 g/mol. The number of carbonyl (C=O) groups excluding carboxylic acids is 2. The highest BCUT2D eigenvalue weighted by atomic mass is 35.5. The summed E-state index contributed by atoms with van der Waals surface area (Å²) in [5.41, 5.74) is 0. The first-order valence-corrected chi connectivity index (χ1v) is 11.5. The van der Waals surface area contributed by atoms with E-state index < -0.39 is 30.2 Å². The van der Waals surface area contributed by atoms with Crippen molar-refractivity contribution in [1.29, 1.82) is 0 Å². The number of aliphatic hydroxyl groups excluding tert-OH is 1. The molecule has 10 nitrogen and oxygen atoms in total. The van der Waals surface area contributed by atoms with Crippen molar-refractivity contribution in [2.75, 3.05) is 33.4 Å². The van der Waals surface area contributed by atoms with Crippen LogP contribution in [0.25, 0.3) is 0 Å². The van der Waals surface area contributed by atoms with Crippen molar-refractivity contribution >= 4 is 41.1 Å². The monoisotopic (exact) mass is 501 g/mol. The molecule has 3 unspecified atom stereocenters. The van der Waals surface area contributed by atoms with E-state index in [0.717, 1.165) is 0 Å². The van der Waals surface area contributed by atoms with Crippen LogP contribution in [0, 0.1) is 0 Å². The maximum absolute atomic E-state index is 12.6. The van der Waals surface area contributed by atoms with Gasteiger partial charge in [0, 0.05) is 25.2 Å². The standard InChI is InChI=1S/C21H29Cl2N5O5/c1-12(2)32-8-4-7-24-20-25-18-17(19(30)26-21(31)27(18)3)28(20)10-14(29)11-33-16-6-5-13(22)9-15(16)23/h5-6,9,12,14,17-18,29H,4,7-8,10-11H2,1-3H3,(H,24,25)(H,26,30,31). The van der Waals surface area contributed by atoms with E-state index in [-0.39, 0.29) is 19.3 Å². The molecule has 3 amide bonds. The number of guanidine groups is 1. The second-order valence-electron chi connectivity index (χ2n) is 8.11. The summed E-state index contributed by atoms with van der Waals surface area (Å²) in [7, 11) is 1.59. The minimum Gasteiger partial charge on any atom is -0.489 e. The number of aliphatic hydroxyl groups is 1. The molecule has 3 atom stereocenters. The van der Waals surface area contributed by atoms with Gasteiger partial charge in [0.15, 0.2) is 12.0 Å². The van der Waals surface area contributed by atoms with Crippen molar-refractivity contribution in [2.45, 2.75) is 44.7 Å². The molecule has 2 heterocycles. The van der Waals surface area contributed by atoms with Gasteiger partial charge in [0.1, 0.15) is 24.6 Å². The molecule has 182 valence electrons. The minimum absolute atomic E-state index is 0.0517. The van der Waals surface area contributed by atoms with Crippen molar-refractivity contribution < 1.29 is 24.2 Å². The number of benzene rings is 1. The Bertz CT molecular complexity index is 900. The molecule has 1 aromatic rings. The normalized spacial score (nSPS) is 22.5. The summed E-state index contributed by atoms with van der Waals surface area (Å²) < 4.78 is 11.2. The van der Waals surface area contributed by atoms with Crippen LogP contribution in [0.15, 0.2) is 23.2 Å². The highest BCUT2D eigenvalue weighted by Crippen LogP contribution is 2.28. The predicted octanol–water partition coefficient (Wildman–Crippen LogP) is 1.69. The van der Waals surface area contributed by atoms with Crippen molar-refractivity contribution in [3.8, 4) is 5.75 Å². The fourth-order valence-electron chi connectivity index (χ4n) is 3.55. The van der Waals surface area contributed by atoms with Crippen LogP contribution in [-0.4, -0.2) is 90.6 Å². The zero-order valence-electron chi connectivity index (χ0n) is 18.8. The molecule has 0 aromatic heterocycles. The minimum atomic E-state index is -0.970. The molecule has 3 rings (SSSR count). The van der Waals surface area contributed by atoms with Gasteiger partial charge in [0.2, 0.25) is 0 Å². The molecule has 2 saturated heterocycles. The first kappa shape index (κ1) is 25.4. The van der Waals surface area contributed by atoms with E-state index in [1.54, 1.807) is 30.1 Å². The molecule has 1 aromatic carbocycles. The van der Waals surface area contributed by atoms with E-state index in [2.05, 4.69) is 15.6 Å². The number of likely N-dealkylation sites (N-methyl/N-ethyl adjacent to an activating group) is 1. The molecule has 0 spiro atoms. The van der Waals surface area contributed by atoms with Crippen LogP contribution in [0.4, 0.5) is 4.79 Å². The van der Waals surface area contributed by atoms with Gasteiger partial charge in [-0.15, -0.1) is 0 Å². The lowest BCUT2D eigenvalue weighted by Gasteiger charge is -2.35. The van der Waals surface area contributed by atoms with E-state index in [1.165, 1.54) is 4.90 Å². The summed E-state index contributed by atoms with van der Waals surface area (Å²) >= 11 is 12.0. The summed E-state index contributed by atoms with van der Waals surface area (Å²) in [4.78, 5) is 32.3. The Morgan fingerprint density at radius 2 is 2.03 bits per heavy atom. The van der Waals surface area contributed by atoms with Crippen molar-refractivity contribution in [2.24, 2.45) is 4.99 Å². The maximum Gasteiger partial charge on any atom is 0.325 e. The maximum atomic E-state index is 12.6. The van der Waals surface area contributed by atoms with Crippen LogP contribution in [-0.2, 0) is 9.53 Å². The van der Waals surface area contributed by atoms with Gasteiger partial charge in [-0.05, 0) is 38.5 Å². The molecule has 0 saturated carbocycles. The summed E-state index contributed by atoms with van der Waals surface area (Å²) in [5, 5.41) is 16.9. The number of β-amino-alcohol motifs (C(OH)–C–C–N with tert-alkyl or cyclic N) is 1. The number of nitrogens with one attached hydrogen (secondary N) is 2. The van der Waals surface area contributed by atoms with Gasteiger partial charge in [0.05, 0.1) is 17.7 Å². The lowest BCUT2D eigenvalue weighted by Crippen LogP contribution is -2.65. The first-order chi connectivity index (χ1) is 15.7. The van der Waals surface area contributed by atoms with Crippen LogP contribution in [0.3, 0.4) is 0 Å². The molecule has 3 N–H and O–H groups in total. The Labute approximate surface area is 202 Å². The molecule has 0 aliphatic carbocycles. The molecule has 2 aliphatic rings. The Morgan fingerprint density at radius 1 is 1.27 bits per heavy atom. The molecule has 33 heavy (non-hydrogen) atoms. The number of urea groups is 1. The van der Waals surface area contributed by atoms with E-state index in [1.807, 2.05) is 13.8 Å². The third-order valence-electron chi connectivity index (χ3n) is 5.17. The number of aliphatic imine (C=N–C) groups is 1. The second kappa shape index (κ2) is 11.2. The predicted molar refractivity (Wildman–Crippen MR) is 125 cm³/mol. The summed E-state index contributed by atoms with van der Waals surface area (Å²) in [6.45, 7) is 4.92. The third kappa shape index (κ3) is 6.41. The number of rotatable bonds is 10. The van der Waals surface area contributed by atoms with Gasteiger partial charge in [-0.1, -0.05) is 23.2 Å². The number of hydrogen-bond donors (Lipinski definition) is 3. The van der Waals surface area contributed by atoms with Crippen molar-refractivity contribution in [3.63, 3.8) is 0 Å². The highest BCUT2D eigenvalue weighted by molar-refractivity contribution is 6.35. The van der Waals surface area contributed by atoms with E-state index in [0.29, 0.717) is 41.3 Å². The fraction of sp³-hybridized carbons (Fsp3) is 0.571. The molecule has 0 bridgehead atoms. The molecule has 0 radical (unpaired) electrons. The average Bonchev–Trinajstić information content (AvgIpc) is 3.09. The van der Waals surface area contributed by atoms with Gasteiger partial charge in [-0.25, -0.2) is 4.79 Å². The molecule has 2 fully saturated rings. The van der Waals surface area contributed by atoms with E-state index in [9.17, 15) is 14.7 Å². The SMILES string of the molecule is CC(C)OCCCN=C1NC2C(C(=O)NC(=O)N2C)N1CC(O)COc1ccc(Cl)cc1Cl. The Morgan fingerprint density at radius 3 is 2.73 bits per heavy atom. The number of nitrogens with zero attached hydrogens (tertiary/aromatic N) is 3. The van der Waals surface area contributed by atoms with E-state index in [4.69, 9.17) is 32.7 Å². The van der Waals surface area contributed by atoms with Crippen molar-refractivity contribution in [3.05, 3.63) is 28.2 Å². The van der Waals surface area contributed by atoms with Gasteiger partial charge < -0.3 is 29.7 Å². The van der Waals surface area contributed by atoms with Crippen LogP contribution < -0.4 is 15.4 Å². The number of ether oxygens (including phenoxy) is 2. The molecule has 12 heteroatoms. The lowest BCUT2D eigenvalue weighted by atomic mass is 10.1. The lowest BCUT2D eigenvalue weighted by molar-refractivity contribution is -0.127. The van der Waals surface area contributed by atoms with Crippen molar-refractivity contribution in [1.82, 2.24) is 20.4 Å². The van der Waals surface area contributed by atoms with E-state index >= 15 is 0 Å². The quantitative estimate of drug-likeness (QED) is 0.417. The summed E-state index contributed by atoms with van der Waals surface area (Å²) in [6.07, 6.45) is -0.749. The molecule has 2 aliphatic heterocycles. The Hall–Kier alpha value is -2.27. The van der Waals surface area contributed by atoms with Gasteiger partial charge >= 0.3 is 6.03 Å². The zero-order chi connectivity index (χ0) is 24.1. The Kier molecular flexibility index (Phi) is 8.63. The molecular formula is C21H29Cl2N5O5. The third-order valence-corrected chi connectivity index (χ3v) is 5.70. The first-order valence-electron chi connectivity index (χ1n) is 10.7. The number of fused-ring (bicyclic) bond motifs is 1. The van der Waals surface area contributed by atoms with Gasteiger partial charge in [0.25, 0.3) is 5.91 Å². The van der Waals surface area contributed by atoms with Crippen LogP contribution in [0.1, 0.15) is 20.3 Å². The number of halogens is 2. The fourth-order valence-corrected chi connectivity index (χ4v) is 4.01. The zero-order valence-corrected chi connectivity index (χ0v) is 20.3. The molecular weight excluding hydrogens is 473 g/mol. The van der Waals surface area contributed by atoms with Gasteiger partial charge in [-0.2, -0.15) is 0 Å². The second-order valence-corrected chi connectivity index (χ2v) is 8.95.